The van der Waals surface area contributed by atoms with Crippen molar-refractivity contribution >= 4 is 5.97 Å². The van der Waals surface area contributed by atoms with Gasteiger partial charge in [0.05, 0.1) is 18.6 Å². The molecular formula is C44H87NO3. The molecule has 0 aromatic heterocycles. The van der Waals surface area contributed by atoms with E-state index in [0.717, 1.165) is 64.5 Å². The van der Waals surface area contributed by atoms with E-state index in [1.54, 1.807) is 0 Å². The van der Waals surface area contributed by atoms with Crippen LogP contribution in [0.1, 0.15) is 227 Å². The summed E-state index contributed by atoms with van der Waals surface area (Å²) in [6, 6.07) is 0. The number of carbonyl (C=O) groups is 1. The van der Waals surface area contributed by atoms with Crippen molar-refractivity contribution in [1.82, 2.24) is 5.32 Å². The van der Waals surface area contributed by atoms with Gasteiger partial charge in [-0.1, -0.05) is 168 Å². The lowest BCUT2D eigenvalue weighted by Gasteiger charge is -2.22. The fourth-order valence-electron chi connectivity index (χ4n) is 6.97. The Labute approximate surface area is 301 Å². The van der Waals surface area contributed by atoms with Gasteiger partial charge in [-0.25, -0.2) is 0 Å². The maximum atomic E-state index is 12.8. The molecule has 0 aliphatic heterocycles. The number of hydrogen-bond donors (Lipinski definition) is 2. The van der Waals surface area contributed by atoms with Gasteiger partial charge in [-0.05, 0) is 89.6 Å². The Morgan fingerprint density at radius 1 is 0.521 bits per heavy atom. The maximum absolute atomic E-state index is 12.8. The Balaban J connectivity index is 4.05. The number of ether oxygens (including phenoxy) is 1. The minimum atomic E-state index is -0.132. The van der Waals surface area contributed by atoms with Gasteiger partial charge in [-0.15, -0.1) is 0 Å². The minimum Gasteiger partial charge on any atom is -0.465 e. The minimum absolute atomic E-state index is 0.0727. The Bertz CT molecular complexity index is 666. The summed E-state index contributed by atoms with van der Waals surface area (Å²) in [5.41, 5.74) is 0. The van der Waals surface area contributed by atoms with Gasteiger partial charge in [-0.3, -0.25) is 4.79 Å². The number of carbonyl (C=O) groups excluding carboxylic acids is 1. The molecule has 0 fully saturated rings. The van der Waals surface area contributed by atoms with Crippen molar-refractivity contribution in [3.63, 3.8) is 0 Å². The Morgan fingerprint density at radius 2 is 1.00 bits per heavy atom. The van der Waals surface area contributed by atoms with Crippen molar-refractivity contribution < 1.29 is 14.6 Å². The van der Waals surface area contributed by atoms with Crippen molar-refractivity contribution in [2.75, 3.05) is 19.7 Å². The van der Waals surface area contributed by atoms with Gasteiger partial charge in [0, 0.05) is 0 Å². The number of allylic oxidation sites excluding steroid dienone is 2. The lowest BCUT2D eigenvalue weighted by Crippen LogP contribution is -2.20. The average molecular weight is 678 g/mol. The smallest absolute Gasteiger partial charge is 0.308 e. The number of esters is 1. The molecule has 0 saturated heterocycles. The first-order valence-corrected chi connectivity index (χ1v) is 21.8. The van der Waals surface area contributed by atoms with Crippen LogP contribution in [-0.2, 0) is 9.53 Å². The highest BCUT2D eigenvalue weighted by molar-refractivity contribution is 5.72. The molecule has 0 saturated carbocycles. The van der Waals surface area contributed by atoms with E-state index < -0.39 is 0 Å². The molecule has 0 amide bonds. The van der Waals surface area contributed by atoms with E-state index in [-0.39, 0.29) is 18.0 Å². The number of rotatable bonds is 39. The predicted octanol–water partition coefficient (Wildman–Crippen LogP) is 13.4. The van der Waals surface area contributed by atoms with Crippen LogP contribution in [0.25, 0.3) is 0 Å². The van der Waals surface area contributed by atoms with Crippen LogP contribution in [0.3, 0.4) is 0 Å². The zero-order valence-corrected chi connectivity index (χ0v) is 33.2. The average Bonchev–Trinajstić information content (AvgIpc) is 3.08. The van der Waals surface area contributed by atoms with Gasteiger partial charge in [-0.2, -0.15) is 0 Å². The van der Waals surface area contributed by atoms with Gasteiger partial charge in [0.15, 0.2) is 0 Å². The second-order valence-corrected chi connectivity index (χ2v) is 15.0. The van der Waals surface area contributed by atoms with E-state index in [1.165, 1.54) is 148 Å². The van der Waals surface area contributed by atoms with Crippen LogP contribution in [-0.4, -0.2) is 36.9 Å². The molecule has 0 aromatic carbocycles. The van der Waals surface area contributed by atoms with Crippen LogP contribution >= 0.6 is 0 Å². The first-order valence-electron chi connectivity index (χ1n) is 21.8. The molecule has 4 nitrogen and oxygen atoms in total. The Hall–Kier alpha value is -0.870. The topological polar surface area (TPSA) is 58.6 Å². The summed E-state index contributed by atoms with van der Waals surface area (Å²) < 4.78 is 5.71. The molecule has 0 heterocycles. The first-order chi connectivity index (χ1) is 23.6. The number of aliphatic hydroxyl groups excluding tert-OH is 1. The molecule has 0 aliphatic rings. The second kappa shape index (κ2) is 38.9. The van der Waals surface area contributed by atoms with Crippen molar-refractivity contribution in [2.45, 2.75) is 233 Å². The van der Waals surface area contributed by atoms with Crippen molar-refractivity contribution in [1.29, 1.82) is 0 Å². The highest BCUT2D eigenvalue weighted by Crippen LogP contribution is 2.23. The quantitative estimate of drug-likeness (QED) is 0.0386. The Morgan fingerprint density at radius 3 is 1.60 bits per heavy atom. The summed E-state index contributed by atoms with van der Waals surface area (Å²) in [7, 11) is 0. The maximum Gasteiger partial charge on any atom is 0.308 e. The zero-order chi connectivity index (χ0) is 35.2. The van der Waals surface area contributed by atoms with Gasteiger partial charge in [0.1, 0.15) is 0 Å². The van der Waals surface area contributed by atoms with E-state index in [1.807, 2.05) is 0 Å². The predicted molar refractivity (Wildman–Crippen MR) is 212 cm³/mol. The molecule has 0 rings (SSSR count). The number of unbranched alkanes of at least 4 members (excludes halogenated alkanes) is 19. The third kappa shape index (κ3) is 32.3. The van der Waals surface area contributed by atoms with E-state index in [0.29, 0.717) is 12.5 Å². The molecule has 4 heteroatoms. The molecule has 48 heavy (non-hydrogen) atoms. The molecule has 0 aromatic rings. The lowest BCUT2D eigenvalue weighted by atomic mass is 9.88. The zero-order valence-electron chi connectivity index (χ0n) is 33.2. The summed E-state index contributed by atoms with van der Waals surface area (Å²) in [4.78, 5) is 12.8. The highest BCUT2D eigenvalue weighted by Gasteiger charge is 2.19. The molecule has 0 bridgehead atoms. The second-order valence-electron chi connectivity index (χ2n) is 15.0. The molecule has 3 atom stereocenters. The monoisotopic (exact) mass is 678 g/mol. The molecule has 0 radical (unpaired) electrons. The first kappa shape index (κ1) is 47.1. The van der Waals surface area contributed by atoms with Crippen LogP contribution in [0.4, 0.5) is 0 Å². The van der Waals surface area contributed by atoms with E-state index >= 15 is 0 Å². The van der Waals surface area contributed by atoms with Crippen molar-refractivity contribution in [3.05, 3.63) is 12.2 Å². The van der Waals surface area contributed by atoms with E-state index in [4.69, 9.17) is 4.74 Å². The summed E-state index contributed by atoms with van der Waals surface area (Å²) in [6.07, 6.45) is 42.3. The van der Waals surface area contributed by atoms with Crippen LogP contribution < -0.4 is 5.32 Å². The van der Waals surface area contributed by atoms with Gasteiger partial charge in [0.2, 0.25) is 0 Å². The highest BCUT2D eigenvalue weighted by atomic mass is 16.5. The fraction of sp³-hybridized carbons (Fsp3) is 0.932. The molecule has 286 valence electrons. The molecule has 0 aliphatic carbocycles. The van der Waals surface area contributed by atoms with Crippen molar-refractivity contribution in [2.24, 2.45) is 11.8 Å². The van der Waals surface area contributed by atoms with E-state index in [9.17, 15) is 9.90 Å². The van der Waals surface area contributed by atoms with Gasteiger partial charge < -0.3 is 15.2 Å². The van der Waals surface area contributed by atoms with Crippen LogP contribution in [0, 0.1) is 11.8 Å². The fourth-order valence-corrected chi connectivity index (χ4v) is 6.97. The molecule has 0 spiro atoms. The lowest BCUT2D eigenvalue weighted by molar-refractivity contribution is -0.149. The largest absolute Gasteiger partial charge is 0.465 e. The van der Waals surface area contributed by atoms with Gasteiger partial charge >= 0.3 is 5.97 Å². The third-order valence-corrected chi connectivity index (χ3v) is 10.3. The van der Waals surface area contributed by atoms with E-state index in [2.05, 4.69) is 45.2 Å². The van der Waals surface area contributed by atoms with Crippen LogP contribution in [0.15, 0.2) is 12.2 Å². The Kier molecular flexibility index (Phi) is 38.2. The summed E-state index contributed by atoms with van der Waals surface area (Å²) in [5, 5.41) is 14.4. The molecular weight excluding hydrogens is 590 g/mol. The van der Waals surface area contributed by atoms with Crippen LogP contribution in [0.2, 0.25) is 0 Å². The normalized spacial score (nSPS) is 13.7. The van der Waals surface area contributed by atoms with Crippen LogP contribution in [0.5, 0.6) is 0 Å². The summed E-state index contributed by atoms with van der Waals surface area (Å²) >= 11 is 0. The standard InChI is InChI=1S/C44H87NO3/c1-5-9-12-15-17-18-19-20-22-26-34-41(43(46)33-8-4)35-29-25-31-39-45-38-30-24-23-28-37-42(36-27-21-16-13-10-6-2)44(47)48-40-32-14-11-7-3/h20,22,41-43,45-46H,5-19,21,23-40H2,1-4H3/b22-20+. The number of aliphatic hydroxyl groups is 1. The molecule has 2 N–H and O–H groups in total. The summed E-state index contributed by atoms with van der Waals surface area (Å²) in [6.45, 7) is 11.8. The van der Waals surface area contributed by atoms with Crippen molar-refractivity contribution in [3.8, 4) is 0 Å². The van der Waals surface area contributed by atoms with Gasteiger partial charge in [0.25, 0.3) is 0 Å². The SMILES string of the molecule is CCCCCCCC/C=C/CCC(CCCCCNCCCCCCC(CCCCCCCC)C(=O)OCCCCCC)C(O)CCC. The molecule has 3 unspecified atom stereocenters. The third-order valence-electron chi connectivity index (χ3n) is 10.3. The number of nitrogens with one attached hydrogen (secondary N) is 1. The summed E-state index contributed by atoms with van der Waals surface area (Å²) in [5.74, 6) is 0.632. The number of hydrogen-bond acceptors (Lipinski definition) is 4.